The summed E-state index contributed by atoms with van der Waals surface area (Å²) in [4.78, 5) is 12.4. The Labute approximate surface area is 137 Å². The molecule has 4 nitrogen and oxygen atoms in total. The molecule has 0 atom stereocenters. The molecule has 0 aliphatic rings. The average Bonchev–Trinajstić information content (AvgIpc) is 2.55. The third-order valence-corrected chi connectivity index (χ3v) is 4.07. The second-order valence-electron chi connectivity index (χ2n) is 6.37. The van der Waals surface area contributed by atoms with Crippen LogP contribution in [0.4, 0.5) is 5.69 Å². The lowest BCUT2D eigenvalue weighted by atomic mass is 9.84. The first kappa shape index (κ1) is 16.9. The number of nitrogens with one attached hydrogen (secondary N) is 1. The first-order valence-corrected chi connectivity index (χ1v) is 7.62. The van der Waals surface area contributed by atoms with Crippen molar-refractivity contribution in [3.63, 3.8) is 0 Å². The monoisotopic (exact) mass is 312 g/mol. The molecule has 0 spiro atoms. The van der Waals surface area contributed by atoms with E-state index in [4.69, 9.17) is 10.5 Å². The molecule has 0 saturated heterocycles. The Morgan fingerprint density at radius 3 is 2.43 bits per heavy atom. The molecule has 2 aromatic rings. The Morgan fingerprint density at radius 2 is 1.83 bits per heavy atom. The van der Waals surface area contributed by atoms with E-state index in [1.54, 1.807) is 19.2 Å². The molecule has 0 aliphatic carbocycles. The molecule has 4 heteroatoms. The van der Waals surface area contributed by atoms with Gasteiger partial charge in [0.05, 0.1) is 7.11 Å². The van der Waals surface area contributed by atoms with Gasteiger partial charge < -0.3 is 15.8 Å². The number of hydrogen-bond donors (Lipinski definition) is 2. The number of nitrogens with two attached hydrogens (primary N) is 1. The molecule has 0 heterocycles. The molecule has 23 heavy (non-hydrogen) atoms. The quantitative estimate of drug-likeness (QED) is 0.833. The van der Waals surface area contributed by atoms with Crippen molar-refractivity contribution in [2.24, 2.45) is 0 Å². The zero-order valence-corrected chi connectivity index (χ0v) is 14.1. The molecule has 0 radical (unpaired) electrons. The first-order valence-electron chi connectivity index (χ1n) is 7.62. The molecule has 1 amide bonds. The van der Waals surface area contributed by atoms with Crippen molar-refractivity contribution < 1.29 is 9.53 Å². The standard InChI is InChI=1S/C19H24N2O2/c1-13-5-8-15(20)11-17(13)18(22)21-12-19(2,3)14-6-9-16(23-4)10-7-14/h5-11H,12,20H2,1-4H3,(H,21,22). The molecular formula is C19H24N2O2. The van der Waals surface area contributed by atoms with Crippen molar-refractivity contribution in [2.75, 3.05) is 19.4 Å². The number of hydrogen-bond acceptors (Lipinski definition) is 3. The second kappa shape index (κ2) is 6.73. The van der Waals surface area contributed by atoms with Crippen LogP contribution in [0.25, 0.3) is 0 Å². The van der Waals surface area contributed by atoms with Gasteiger partial charge in [-0.3, -0.25) is 4.79 Å². The highest BCUT2D eigenvalue weighted by Gasteiger charge is 2.22. The Morgan fingerprint density at radius 1 is 1.17 bits per heavy atom. The van der Waals surface area contributed by atoms with Gasteiger partial charge in [-0.15, -0.1) is 0 Å². The summed E-state index contributed by atoms with van der Waals surface area (Å²) in [5.74, 6) is 0.723. The summed E-state index contributed by atoms with van der Waals surface area (Å²) >= 11 is 0. The summed E-state index contributed by atoms with van der Waals surface area (Å²) < 4.78 is 5.18. The van der Waals surface area contributed by atoms with Crippen LogP contribution in [-0.2, 0) is 5.41 Å². The van der Waals surface area contributed by atoms with Crippen molar-refractivity contribution in [3.8, 4) is 5.75 Å². The highest BCUT2D eigenvalue weighted by molar-refractivity contribution is 5.96. The predicted octanol–water partition coefficient (Wildman–Crippen LogP) is 3.29. The summed E-state index contributed by atoms with van der Waals surface area (Å²) in [6.07, 6.45) is 0. The van der Waals surface area contributed by atoms with Gasteiger partial charge in [-0.2, -0.15) is 0 Å². The van der Waals surface area contributed by atoms with E-state index in [-0.39, 0.29) is 11.3 Å². The van der Waals surface area contributed by atoms with E-state index in [0.717, 1.165) is 16.9 Å². The predicted molar refractivity (Wildman–Crippen MR) is 93.9 cm³/mol. The minimum absolute atomic E-state index is 0.101. The molecule has 0 bridgehead atoms. The Hall–Kier alpha value is -2.49. The van der Waals surface area contributed by atoms with Crippen LogP contribution < -0.4 is 15.8 Å². The first-order chi connectivity index (χ1) is 10.8. The zero-order chi connectivity index (χ0) is 17.0. The third-order valence-electron chi connectivity index (χ3n) is 4.07. The van der Waals surface area contributed by atoms with Gasteiger partial charge in [-0.25, -0.2) is 0 Å². The van der Waals surface area contributed by atoms with Crippen molar-refractivity contribution in [1.29, 1.82) is 0 Å². The molecule has 0 saturated carbocycles. The summed E-state index contributed by atoms with van der Waals surface area (Å²) in [7, 11) is 1.65. The normalized spacial score (nSPS) is 11.1. The maximum absolute atomic E-state index is 12.4. The number of methoxy groups -OCH3 is 1. The molecular weight excluding hydrogens is 288 g/mol. The molecule has 0 aromatic heterocycles. The topological polar surface area (TPSA) is 64.3 Å². The van der Waals surface area contributed by atoms with Gasteiger partial charge in [0, 0.05) is 23.2 Å². The number of anilines is 1. The smallest absolute Gasteiger partial charge is 0.251 e. The van der Waals surface area contributed by atoms with Gasteiger partial charge in [0.1, 0.15) is 5.75 Å². The second-order valence-corrected chi connectivity index (χ2v) is 6.37. The highest BCUT2D eigenvalue weighted by Crippen LogP contribution is 2.24. The van der Waals surface area contributed by atoms with Gasteiger partial charge >= 0.3 is 0 Å². The lowest BCUT2D eigenvalue weighted by molar-refractivity contribution is 0.0945. The largest absolute Gasteiger partial charge is 0.497 e. The fourth-order valence-corrected chi connectivity index (χ4v) is 2.42. The van der Waals surface area contributed by atoms with E-state index in [1.165, 1.54) is 0 Å². The number of nitrogen functional groups attached to an aromatic ring is 1. The molecule has 0 unspecified atom stereocenters. The Kier molecular flexibility index (Phi) is 4.94. The van der Waals surface area contributed by atoms with Gasteiger partial charge in [0.25, 0.3) is 5.91 Å². The molecule has 2 rings (SSSR count). The van der Waals surface area contributed by atoms with Gasteiger partial charge in [-0.05, 0) is 42.3 Å². The van der Waals surface area contributed by atoms with Crippen LogP contribution in [0.15, 0.2) is 42.5 Å². The Bertz CT molecular complexity index is 691. The highest BCUT2D eigenvalue weighted by atomic mass is 16.5. The molecule has 0 aliphatic heterocycles. The SMILES string of the molecule is COc1ccc(C(C)(C)CNC(=O)c2cc(N)ccc2C)cc1. The average molecular weight is 312 g/mol. The van der Waals surface area contributed by atoms with Gasteiger partial charge in [0.15, 0.2) is 0 Å². The lowest BCUT2D eigenvalue weighted by Gasteiger charge is -2.26. The van der Waals surface area contributed by atoms with Crippen LogP contribution in [-0.4, -0.2) is 19.6 Å². The number of aryl methyl sites for hydroxylation is 1. The van der Waals surface area contributed by atoms with Crippen LogP contribution in [0, 0.1) is 6.92 Å². The molecule has 0 fully saturated rings. The summed E-state index contributed by atoms with van der Waals surface area (Å²) in [5, 5.41) is 3.01. The van der Waals surface area contributed by atoms with Crippen molar-refractivity contribution in [2.45, 2.75) is 26.2 Å². The number of amides is 1. The van der Waals surface area contributed by atoms with Gasteiger partial charge in [0.2, 0.25) is 0 Å². The summed E-state index contributed by atoms with van der Waals surface area (Å²) in [6, 6.07) is 13.3. The minimum atomic E-state index is -0.184. The summed E-state index contributed by atoms with van der Waals surface area (Å²) in [5.41, 5.74) is 8.86. The van der Waals surface area contributed by atoms with Crippen LogP contribution >= 0.6 is 0 Å². The van der Waals surface area contributed by atoms with Crippen LogP contribution in [0.5, 0.6) is 5.75 Å². The van der Waals surface area contributed by atoms with E-state index >= 15 is 0 Å². The fraction of sp³-hybridized carbons (Fsp3) is 0.316. The third kappa shape index (κ3) is 4.03. The number of carbonyl (C=O) groups is 1. The molecule has 122 valence electrons. The van der Waals surface area contributed by atoms with E-state index < -0.39 is 0 Å². The maximum atomic E-state index is 12.4. The number of rotatable bonds is 5. The molecule has 2 aromatic carbocycles. The zero-order valence-electron chi connectivity index (χ0n) is 14.1. The number of benzene rings is 2. The number of ether oxygens (including phenoxy) is 1. The van der Waals surface area contributed by atoms with Crippen molar-refractivity contribution in [3.05, 3.63) is 59.2 Å². The van der Waals surface area contributed by atoms with Gasteiger partial charge in [-0.1, -0.05) is 32.0 Å². The van der Waals surface area contributed by atoms with Crippen LogP contribution in [0.1, 0.15) is 35.3 Å². The summed E-state index contributed by atoms with van der Waals surface area (Å²) in [6.45, 7) is 6.64. The lowest BCUT2D eigenvalue weighted by Crippen LogP contribution is -2.37. The van der Waals surface area contributed by atoms with E-state index in [9.17, 15) is 4.79 Å². The maximum Gasteiger partial charge on any atom is 0.251 e. The van der Waals surface area contributed by atoms with Crippen molar-refractivity contribution >= 4 is 11.6 Å². The van der Waals surface area contributed by atoms with Crippen LogP contribution in [0.2, 0.25) is 0 Å². The fourth-order valence-electron chi connectivity index (χ4n) is 2.42. The minimum Gasteiger partial charge on any atom is -0.497 e. The van der Waals surface area contributed by atoms with E-state index in [1.807, 2.05) is 37.3 Å². The van der Waals surface area contributed by atoms with Crippen molar-refractivity contribution in [1.82, 2.24) is 5.32 Å². The Balaban J connectivity index is 2.08. The van der Waals surface area contributed by atoms with Crippen LogP contribution in [0.3, 0.4) is 0 Å². The molecule has 3 N–H and O–H groups in total. The van der Waals surface area contributed by atoms with E-state index in [2.05, 4.69) is 19.2 Å². The van der Waals surface area contributed by atoms with E-state index in [0.29, 0.717) is 17.8 Å². The number of carbonyl (C=O) groups excluding carboxylic acids is 1.